The van der Waals surface area contributed by atoms with E-state index in [1.54, 1.807) is 11.9 Å². The Kier molecular flexibility index (Phi) is 10.8. The van der Waals surface area contributed by atoms with Crippen LogP contribution in [0.15, 0.2) is 53.5 Å². The number of piperazine rings is 1. The highest BCUT2D eigenvalue weighted by molar-refractivity contribution is 14.0. The van der Waals surface area contributed by atoms with Gasteiger partial charge in [-0.3, -0.25) is 14.6 Å². The van der Waals surface area contributed by atoms with Gasteiger partial charge in [0.15, 0.2) is 5.96 Å². The lowest BCUT2D eigenvalue weighted by Gasteiger charge is -2.26. The smallest absolute Gasteiger partial charge is 0.254 e. The molecule has 0 bridgehead atoms. The average molecular weight is 578 g/mol. The van der Waals surface area contributed by atoms with Gasteiger partial charge >= 0.3 is 0 Å². The monoisotopic (exact) mass is 577 g/mol. The van der Waals surface area contributed by atoms with Gasteiger partial charge in [0.25, 0.3) is 5.91 Å². The summed E-state index contributed by atoms with van der Waals surface area (Å²) < 4.78 is 0. The van der Waals surface area contributed by atoms with E-state index >= 15 is 0 Å². The number of guanidine groups is 1. The second-order valence-electron chi connectivity index (χ2n) is 8.90. The molecule has 0 aromatic heterocycles. The fourth-order valence-electron chi connectivity index (χ4n) is 3.84. The van der Waals surface area contributed by atoms with Crippen LogP contribution in [0.1, 0.15) is 53.9 Å². The second-order valence-corrected chi connectivity index (χ2v) is 8.90. The molecule has 1 fully saturated rings. The summed E-state index contributed by atoms with van der Waals surface area (Å²) in [6, 6.07) is 16.3. The molecule has 0 radical (unpaired) electrons. The van der Waals surface area contributed by atoms with Crippen LogP contribution in [0.4, 0.5) is 0 Å². The Hall–Kier alpha value is -2.62. The number of amides is 2. The molecule has 34 heavy (non-hydrogen) atoms. The minimum Gasteiger partial charge on any atom is -0.353 e. The Morgan fingerprint density at radius 2 is 1.71 bits per heavy atom. The summed E-state index contributed by atoms with van der Waals surface area (Å²) in [5.74, 6) is 1.13. The quantitative estimate of drug-likeness (QED) is 0.267. The van der Waals surface area contributed by atoms with Crippen LogP contribution in [0.5, 0.6) is 0 Å². The minimum absolute atomic E-state index is 0. The van der Waals surface area contributed by atoms with Gasteiger partial charge in [-0.15, -0.1) is 24.0 Å². The number of carbonyl (C=O) groups is 2. The summed E-state index contributed by atoms with van der Waals surface area (Å²) >= 11 is 0. The van der Waals surface area contributed by atoms with Crippen molar-refractivity contribution in [2.75, 3.05) is 26.7 Å². The van der Waals surface area contributed by atoms with E-state index in [0.717, 1.165) is 12.0 Å². The van der Waals surface area contributed by atoms with Gasteiger partial charge in [0.2, 0.25) is 5.91 Å². The lowest BCUT2D eigenvalue weighted by Crippen LogP contribution is -2.49. The van der Waals surface area contributed by atoms with Gasteiger partial charge in [-0.2, -0.15) is 0 Å². The Morgan fingerprint density at radius 1 is 1.06 bits per heavy atom. The van der Waals surface area contributed by atoms with Gasteiger partial charge < -0.3 is 20.9 Å². The Morgan fingerprint density at radius 3 is 2.29 bits per heavy atom. The summed E-state index contributed by atoms with van der Waals surface area (Å²) in [5.41, 5.74) is 4.19. The molecule has 1 saturated heterocycles. The number of carbonyl (C=O) groups excluding carboxylic acids is 2. The molecule has 0 aliphatic carbocycles. The number of nitrogens with one attached hydrogen (secondary N) is 3. The first-order chi connectivity index (χ1) is 15.9. The van der Waals surface area contributed by atoms with E-state index in [4.69, 9.17) is 0 Å². The van der Waals surface area contributed by atoms with Gasteiger partial charge in [-0.1, -0.05) is 50.2 Å². The number of aliphatic imine (C=N–C) groups is 1. The highest BCUT2D eigenvalue weighted by Crippen LogP contribution is 2.15. The van der Waals surface area contributed by atoms with E-state index in [0.29, 0.717) is 37.1 Å². The highest BCUT2D eigenvalue weighted by atomic mass is 127. The van der Waals surface area contributed by atoms with Crippen molar-refractivity contribution in [1.82, 2.24) is 20.9 Å². The van der Waals surface area contributed by atoms with Crippen molar-refractivity contribution in [3.63, 3.8) is 0 Å². The molecule has 2 aromatic rings. The Balaban J connectivity index is 0.00000408. The molecule has 2 aromatic carbocycles. The van der Waals surface area contributed by atoms with Crippen LogP contribution in [0.25, 0.3) is 0 Å². The van der Waals surface area contributed by atoms with Crippen molar-refractivity contribution in [3.05, 3.63) is 70.8 Å². The zero-order valence-electron chi connectivity index (χ0n) is 20.4. The predicted molar refractivity (Wildman–Crippen MR) is 148 cm³/mol. The lowest BCUT2D eigenvalue weighted by molar-refractivity contribution is -0.123. The van der Waals surface area contributed by atoms with Gasteiger partial charge in [-0.05, 0) is 48.1 Å². The van der Waals surface area contributed by atoms with E-state index in [1.807, 2.05) is 24.3 Å². The van der Waals surface area contributed by atoms with Crippen molar-refractivity contribution in [2.45, 2.75) is 39.8 Å². The largest absolute Gasteiger partial charge is 0.353 e. The van der Waals surface area contributed by atoms with Crippen molar-refractivity contribution < 1.29 is 9.59 Å². The fraction of sp³-hybridized carbons (Fsp3) is 0.423. The maximum Gasteiger partial charge on any atom is 0.254 e. The summed E-state index contributed by atoms with van der Waals surface area (Å²) in [7, 11) is 1.75. The molecule has 3 rings (SSSR count). The lowest BCUT2D eigenvalue weighted by atomic mass is 10.00. The Labute approximate surface area is 219 Å². The predicted octanol–water partition coefficient (Wildman–Crippen LogP) is 3.50. The molecule has 8 heteroatoms. The first-order valence-corrected chi connectivity index (χ1v) is 11.6. The van der Waals surface area contributed by atoms with Gasteiger partial charge in [-0.25, -0.2) is 0 Å². The van der Waals surface area contributed by atoms with Crippen LogP contribution in [0.2, 0.25) is 0 Å². The van der Waals surface area contributed by atoms with Crippen LogP contribution in [-0.2, 0) is 17.8 Å². The molecular formula is C26H36IN5O2. The minimum atomic E-state index is -0.116. The molecule has 1 unspecified atom stereocenters. The topological polar surface area (TPSA) is 85.8 Å². The number of benzene rings is 2. The SMILES string of the molecule is CN=C(NCc1ccc(C(=O)N2CCNC(=O)C2)cc1)NC(C)c1ccc(CC(C)C)cc1.I. The van der Waals surface area contributed by atoms with Crippen molar-refractivity contribution >= 4 is 41.8 Å². The Bertz CT molecular complexity index is 974. The van der Waals surface area contributed by atoms with E-state index in [1.165, 1.54) is 11.1 Å². The van der Waals surface area contributed by atoms with Crippen LogP contribution in [-0.4, -0.2) is 49.4 Å². The average Bonchev–Trinajstić information content (AvgIpc) is 2.81. The molecule has 1 heterocycles. The van der Waals surface area contributed by atoms with Gasteiger partial charge in [0.1, 0.15) is 0 Å². The number of hydrogen-bond acceptors (Lipinski definition) is 3. The summed E-state index contributed by atoms with van der Waals surface area (Å²) in [4.78, 5) is 30.0. The van der Waals surface area contributed by atoms with Crippen LogP contribution in [0.3, 0.4) is 0 Å². The molecule has 1 aliphatic rings. The van der Waals surface area contributed by atoms with Crippen molar-refractivity contribution in [2.24, 2.45) is 10.9 Å². The second kappa shape index (κ2) is 13.3. The molecule has 0 spiro atoms. The maximum atomic E-state index is 12.6. The molecule has 1 aliphatic heterocycles. The van der Waals surface area contributed by atoms with Crippen LogP contribution < -0.4 is 16.0 Å². The summed E-state index contributed by atoms with van der Waals surface area (Å²) in [6.07, 6.45) is 1.09. The normalized spacial score (nSPS) is 14.8. The molecule has 3 N–H and O–H groups in total. The zero-order chi connectivity index (χ0) is 23.8. The first-order valence-electron chi connectivity index (χ1n) is 11.6. The third-order valence-corrected chi connectivity index (χ3v) is 5.69. The maximum absolute atomic E-state index is 12.6. The van der Waals surface area contributed by atoms with Gasteiger partial charge in [0, 0.05) is 32.2 Å². The van der Waals surface area contributed by atoms with Crippen LogP contribution >= 0.6 is 24.0 Å². The standard InChI is InChI=1S/C26H35N5O2.HI/c1-18(2)15-20-5-9-22(10-6-20)19(3)30-26(27-4)29-16-21-7-11-23(12-8-21)25(33)31-14-13-28-24(32)17-31;/h5-12,18-19H,13-17H2,1-4H3,(H,28,32)(H2,27,29,30);1H. The fourth-order valence-corrected chi connectivity index (χ4v) is 3.84. The summed E-state index contributed by atoms with van der Waals surface area (Å²) in [6.45, 7) is 8.31. The van der Waals surface area contributed by atoms with Gasteiger partial charge in [0.05, 0.1) is 12.6 Å². The summed E-state index contributed by atoms with van der Waals surface area (Å²) in [5, 5.41) is 9.50. The number of halogens is 1. The van der Waals surface area contributed by atoms with Crippen molar-refractivity contribution in [1.29, 1.82) is 0 Å². The molecular weight excluding hydrogens is 541 g/mol. The van der Waals surface area contributed by atoms with E-state index in [2.05, 4.69) is 66.0 Å². The highest BCUT2D eigenvalue weighted by Gasteiger charge is 2.22. The number of nitrogens with zero attached hydrogens (tertiary/aromatic N) is 2. The first kappa shape index (κ1) is 27.6. The zero-order valence-corrected chi connectivity index (χ0v) is 22.8. The third kappa shape index (κ3) is 8.00. The van der Waals surface area contributed by atoms with E-state index in [-0.39, 0.29) is 48.4 Å². The van der Waals surface area contributed by atoms with Crippen LogP contribution in [0, 0.1) is 5.92 Å². The number of rotatable bonds is 7. The number of hydrogen-bond donors (Lipinski definition) is 3. The van der Waals surface area contributed by atoms with Crippen molar-refractivity contribution in [3.8, 4) is 0 Å². The molecule has 1 atom stereocenters. The van der Waals surface area contributed by atoms with E-state index < -0.39 is 0 Å². The molecule has 184 valence electrons. The molecule has 0 saturated carbocycles. The molecule has 2 amide bonds. The molecule has 7 nitrogen and oxygen atoms in total. The third-order valence-electron chi connectivity index (χ3n) is 5.69. The van der Waals surface area contributed by atoms with E-state index in [9.17, 15) is 9.59 Å².